The smallest absolute Gasteiger partial charge is 0.266 e. The lowest BCUT2D eigenvalue weighted by molar-refractivity contribution is -0.136. The summed E-state index contributed by atoms with van der Waals surface area (Å²) in [6.07, 6.45) is 4.27. The molecule has 18 heteroatoms. The van der Waals surface area contributed by atoms with Crippen LogP contribution in [0.5, 0.6) is 17.2 Å². The van der Waals surface area contributed by atoms with Gasteiger partial charge in [0.25, 0.3) is 11.8 Å². The van der Waals surface area contributed by atoms with Gasteiger partial charge >= 0.3 is 0 Å². The molecule has 5 aromatic rings. The number of anilines is 1. The first-order valence-corrected chi connectivity index (χ1v) is 22.3. The van der Waals surface area contributed by atoms with E-state index in [0.717, 1.165) is 57.0 Å². The van der Waals surface area contributed by atoms with Crippen molar-refractivity contribution in [3.05, 3.63) is 90.3 Å². The molecule has 3 aliphatic heterocycles. The second kappa shape index (κ2) is 22.1. The molecule has 0 saturated carbocycles. The second-order valence-electron chi connectivity index (χ2n) is 16.0. The number of pyridine rings is 1. The third-order valence-corrected chi connectivity index (χ3v) is 11.9. The van der Waals surface area contributed by atoms with Gasteiger partial charge in [-0.15, -0.1) is 0 Å². The minimum Gasteiger partial charge on any atom is -0.493 e. The monoisotopic (exact) mass is 918 g/mol. The van der Waals surface area contributed by atoms with Gasteiger partial charge in [-0.3, -0.25) is 34.2 Å². The molecule has 2 saturated heterocycles. The molecule has 0 bridgehead atoms. The Morgan fingerprint density at radius 2 is 1.36 bits per heavy atom. The number of fused-ring (bicyclic) bond motifs is 2. The van der Waals surface area contributed by atoms with E-state index in [-0.39, 0.29) is 48.8 Å². The number of carbonyl (C=O) groups is 5. The van der Waals surface area contributed by atoms with E-state index < -0.39 is 29.7 Å². The van der Waals surface area contributed by atoms with Gasteiger partial charge in [-0.05, 0) is 60.0 Å². The molecule has 18 nitrogen and oxygen atoms in total. The van der Waals surface area contributed by atoms with E-state index >= 15 is 0 Å². The van der Waals surface area contributed by atoms with Gasteiger partial charge in [0.2, 0.25) is 17.7 Å². The van der Waals surface area contributed by atoms with Gasteiger partial charge in [-0.2, -0.15) is 0 Å². The first kappa shape index (κ1) is 46.7. The number of aromatic nitrogens is 2. The topological polar surface area (TPSA) is 200 Å². The van der Waals surface area contributed by atoms with Crippen LogP contribution in [0, 0.1) is 0 Å². The fourth-order valence-corrected chi connectivity index (χ4v) is 8.38. The summed E-state index contributed by atoms with van der Waals surface area (Å²) in [5.74, 6) is -0.691. The Kier molecular flexibility index (Phi) is 15.4. The van der Waals surface area contributed by atoms with Crippen molar-refractivity contribution in [3.8, 4) is 39.5 Å². The molecule has 2 N–H and O–H groups in total. The van der Waals surface area contributed by atoms with E-state index in [9.17, 15) is 24.0 Å². The number of piperazine rings is 1. The summed E-state index contributed by atoms with van der Waals surface area (Å²) in [7, 11) is 3.25. The summed E-state index contributed by atoms with van der Waals surface area (Å²) in [5.41, 5.74) is 6.26. The quantitative estimate of drug-likeness (QED) is 0.0727. The number of methoxy groups -OCH3 is 2. The van der Waals surface area contributed by atoms with Gasteiger partial charge < -0.3 is 47.9 Å². The molecule has 5 heterocycles. The Hall–Kier alpha value is -6.86. The number of ether oxygens (including phenoxy) is 7. The van der Waals surface area contributed by atoms with Crippen LogP contribution in [0.25, 0.3) is 33.3 Å². The fraction of sp³-hybridized carbons (Fsp3) is 0.388. The Morgan fingerprint density at radius 1 is 0.687 bits per heavy atom. The number of piperidine rings is 1. The fourth-order valence-electron chi connectivity index (χ4n) is 8.38. The summed E-state index contributed by atoms with van der Waals surface area (Å²) in [6, 6.07) is 20.1. The van der Waals surface area contributed by atoms with Crippen LogP contribution in [-0.2, 0) is 33.3 Å². The van der Waals surface area contributed by atoms with Gasteiger partial charge in [0, 0.05) is 67.2 Å². The summed E-state index contributed by atoms with van der Waals surface area (Å²) in [6.45, 7) is 5.58. The third kappa shape index (κ3) is 10.9. The predicted molar refractivity (Wildman–Crippen MR) is 245 cm³/mol. The van der Waals surface area contributed by atoms with E-state index in [1.807, 2.05) is 35.5 Å². The summed E-state index contributed by atoms with van der Waals surface area (Å²) in [5, 5.41) is 3.20. The highest BCUT2D eigenvalue weighted by Crippen LogP contribution is 2.37. The number of aromatic amines is 1. The first-order valence-electron chi connectivity index (χ1n) is 22.3. The number of rotatable bonds is 22. The average molecular weight is 919 g/mol. The van der Waals surface area contributed by atoms with Crippen LogP contribution >= 0.6 is 0 Å². The molecule has 0 aliphatic carbocycles. The average Bonchev–Trinajstić information content (AvgIpc) is 3.89. The zero-order chi connectivity index (χ0) is 46.7. The summed E-state index contributed by atoms with van der Waals surface area (Å²) in [4.78, 5) is 76.1. The van der Waals surface area contributed by atoms with E-state index in [4.69, 9.17) is 38.1 Å². The largest absolute Gasteiger partial charge is 0.493 e. The summed E-state index contributed by atoms with van der Waals surface area (Å²) < 4.78 is 39.1. The van der Waals surface area contributed by atoms with Gasteiger partial charge in [0.15, 0.2) is 11.5 Å². The molecule has 0 spiro atoms. The van der Waals surface area contributed by atoms with Crippen LogP contribution in [0.4, 0.5) is 5.69 Å². The number of hydrogen-bond acceptors (Lipinski definition) is 14. The van der Waals surface area contributed by atoms with Crippen molar-refractivity contribution in [1.29, 1.82) is 0 Å². The lowest BCUT2D eigenvalue weighted by Crippen LogP contribution is -2.54. The van der Waals surface area contributed by atoms with Crippen LogP contribution in [0.1, 0.15) is 40.0 Å². The molecule has 1 unspecified atom stereocenters. The van der Waals surface area contributed by atoms with Crippen molar-refractivity contribution in [1.82, 2.24) is 25.1 Å². The molecule has 1 atom stereocenters. The van der Waals surface area contributed by atoms with Crippen molar-refractivity contribution in [3.63, 3.8) is 0 Å². The number of benzene rings is 3. The molecular weight excluding hydrogens is 865 g/mol. The van der Waals surface area contributed by atoms with Crippen LogP contribution in [0.3, 0.4) is 0 Å². The minimum atomic E-state index is -1.05. The number of H-pyrrole nitrogens is 1. The van der Waals surface area contributed by atoms with Crippen LogP contribution < -0.4 is 24.4 Å². The van der Waals surface area contributed by atoms with Crippen molar-refractivity contribution in [2.75, 3.05) is 105 Å². The van der Waals surface area contributed by atoms with E-state index in [1.54, 1.807) is 26.4 Å². The van der Waals surface area contributed by atoms with Crippen molar-refractivity contribution in [2.45, 2.75) is 25.3 Å². The number of hydrogen-bond donors (Lipinski definition) is 2. The van der Waals surface area contributed by atoms with Crippen LogP contribution in [-0.4, -0.2) is 155 Å². The Bertz CT molecular complexity index is 2570. The van der Waals surface area contributed by atoms with Gasteiger partial charge in [-0.25, -0.2) is 4.98 Å². The Morgan fingerprint density at radius 3 is 2.04 bits per heavy atom. The molecule has 5 amide bonds. The number of carbonyl (C=O) groups excluding carboxylic acids is 5. The van der Waals surface area contributed by atoms with Crippen molar-refractivity contribution in [2.24, 2.45) is 0 Å². The number of imide groups is 2. The minimum absolute atomic E-state index is 0.0430. The van der Waals surface area contributed by atoms with Crippen LogP contribution in [0.15, 0.2) is 79.1 Å². The highest BCUT2D eigenvalue weighted by molar-refractivity contribution is 6.24. The van der Waals surface area contributed by atoms with Crippen molar-refractivity contribution >= 4 is 46.3 Å². The van der Waals surface area contributed by atoms with Gasteiger partial charge in [0.05, 0.1) is 84.6 Å². The van der Waals surface area contributed by atoms with Crippen molar-refractivity contribution < 1.29 is 57.1 Å². The Labute approximate surface area is 387 Å². The second-order valence-corrected chi connectivity index (χ2v) is 16.0. The van der Waals surface area contributed by atoms with Gasteiger partial charge in [0.1, 0.15) is 24.0 Å². The van der Waals surface area contributed by atoms with E-state index in [2.05, 4.69) is 45.5 Å². The maximum atomic E-state index is 13.2. The Balaban J connectivity index is 0.653. The van der Waals surface area contributed by atoms with Gasteiger partial charge in [-0.1, -0.05) is 24.3 Å². The predicted octanol–water partition coefficient (Wildman–Crippen LogP) is 4.50. The SMILES string of the molecule is COc1ccc(-c2c[nH]c3ncc(-c4ccc(N5CCN(C(=O)CCOCCOCCOCCOCCOc6cccc7c6C(=O)N(C6CCC(=O)NC6=O)C7=O)CC5)cc4)cc23)cc1OC. The molecule has 8 rings (SSSR count). The first-order chi connectivity index (χ1) is 32.7. The maximum Gasteiger partial charge on any atom is 0.266 e. The molecule has 2 fully saturated rings. The van der Waals surface area contributed by atoms with E-state index in [1.165, 1.54) is 6.07 Å². The molecule has 0 radical (unpaired) electrons. The highest BCUT2D eigenvalue weighted by Gasteiger charge is 2.46. The summed E-state index contributed by atoms with van der Waals surface area (Å²) >= 11 is 0. The standard InChI is InChI=1S/C49H54N6O12/c1-61-40-12-8-33(29-42(40)62-2)38-31-51-46-37(38)28-34(30-50-46)32-6-9-35(10-7-32)53-15-17-54(18-16-53)44(57)14-19-63-20-21-64-22-23-65-24-25-66-26-27-67-41-5-3-4-36-45(41)49(60)55(48(36)59)39-11-13-43(56)52-47(39)58/h3-10,12,28-31,39H,11,13-27H2,1-2H3,(H,50,51)(H,52,56,58). The molecule has 352 valence electrons. The number of amides is 5. The van der Waals surface area contributed by atoms with Crippen LogP contribution in [0.2, 0.25) is 0 Å². The third-order valence-electron chi connectivity index (χ3n) is 11.9. The zero-order valence-corrected chi connectivity index (χ0v) is 37.6. The van der Waals surface area contributed by atoms with E-state index in [0.29, 0.717) is 77.3 Å². The molecular formula is C49H54N6O12. The maximum absolute atomic E-state index is 13.2. The highest BCUT2D eigenvalue weighted by atomic mass is 16.6. The molecule has 67 heavy (non-hydrogen) atoms. The lowest BCUT2D eigenvalue weighted by Gasteiger charge is -2.36. The number of nitrogens with one attached hydrogen (secondary N) is 2. The molecule has 2 aromatic heterocycles. The lowest BCUT2D eigenvalue weighted by atomic mass is 10.0. The number of nitrogens with zero attached hydrogens (tertiary/aromatic N) is 4. The zero-order valence-electron chi connectivity index (χ0n) is 37.6. The normalized spacial score (nSPS) is 16.1. The molecule has 3 aliphatic rings. The molecule has 3 aromatic carbocycles.